The molecule has 2 aromatic rings. The molecule has 0 saturated carbocycles. The van der Waals surface area contributed by atoms with E-state index in [2.05, 4.69) is 20.4 Å². The maximum Gasteiger partial charge on any atom is 0.387 e. The van der Waals surface area contributed by atoms with Crippen molar-refractivity contribution in [3.63, 3.8) is 0 Å². The number of carbonyl (C=O) groups excluding carboxylic acids is 1. The lowest BCUT2D eigenvalue weighted by Gasteiger charge is -2.15. The number of amides is 1. The van der Waals surface area contributed by atoms with Crippen molar-refractivity contribution in [2.45, 2.75) is 19.6 Å². The summed E-state index contributed by atoms with van der Waals surface area (Å²) < 4.78 is 35.2. The molecule has 0 bridgehead atoms. The van der Waals surface area contributed by atoms with Gasteiger partial charge in [0.2, 0.25) is 5.91 Å². The highest BCUT2D eigenvalue weighted by atomic mass is 127. The van der Waals surface area contributed by atoms with Crippen molar-refractivity contribution in [3.05, 3.63) is 46.2 Å². The number of thiophene rings is 1. The van der Waals surface area contributed by atoms with Crippen LogP contribution in [0.2, 0.25) is 0 Å². The Morgan fingerprint density at radius 1 is 1.26 bits per heavy atom. The van der Waals surface area contributed by atoms with Crippen molar-refractivity contribution >= 4 is 47.2 Å². The molecule has 11 heteroatoms. The van der Waals surface area contributed by atoms with Gasteiger partial charge in [0.1, 0.15) is 11.5 Å². The molecule has 2 rings (SSSR count). The van der Waals surface area contributed by atoms with E-state index in [9.17, 15) is 13.6 Å². The van der Waals surface area contributed by atoms with E-state index < -0.39 is 6.61 Å². The highest BCUT2D eigenvalue weighted by molar-refractivity contribution is 14.0. The highest BCUT2D eigenvalue weighted by Crippen LogP contribution is 2.26. The van der Waals surface area contributed by atoms with E-state index in [4.69, 9.17) is 4.74 Å². The zero-order chi connectivity index (χ0) is 21.9. The summed E-state index contributed by atoms with van der Waals surface area (Å²) in [5.74, 6) is 0.806. The largest absolute Gasteiger partial charge is 0.497 e. The molecule has 0 fully saturated rings. The van der Waals surface area contributed by atoms with E-state index in [0.29, 0.717) is 23.8 Å². The van der Waals surface area contributed by atoms with Crippen LogP contribution in [0.3, 0.4) is 0 Å². The second-order valence-corrected chi connectivity index (χ2v) is 7.45. The monoisotopic (exact) mass is 568 g/mol. The fraction of sp³-hybridized carbons (Fsp3) is 0.400. The molecule has 2 N–H and O–H groups in total. The molecule has 7 nitrogen and oxygen atoms in total. The van der Waals surface area contributed by atoms with E-state index in [1.165, 1.54) is 23.0 Å². The fourth-order valence-electron chi connectivity index (χ4n) is 2.43. The topological polar surface area (TPSA) is 75.2 Å². The van der Waals surface area contributed by atoms with Crippen molar-refractivity contribution < 1.29 is 23.0 Å². The average Bonchev–Trinajstić information content (AvgIpc) is 3.23. The zero-order valence-corrected chi connectivity index (χ0v) is 20.7. The van der Waals surface area contributed by atoms with Gasteiger partial charge in [-0.15, -0.1) is 35.3 Å². The number of likely N-dealkylation sites (N-methyl/N-ethyl adjacent to an activating group) is 1. The Balaban J connectivity index is 0.00000480. The number of rotatable bonds is 10. The Morgan fingerprint density at radius 2 is 2.03 bits per heavy atom. The molecule has 0 spiro atoms. The Kier molecular flexibility index (Phi) is 12.2. The molecule has 0 aliphatic carbocycles. The third-order valence-corrected chi connectivity index (χ3v) is 4.98. The van der Waals surface area contributed by atoms with Gasteiger partial charge < -0.3 is 25.0 Å². The van der Waals surface area contributed by atoms with Gasteiger partial charge in [0, 0.05) is 31.1 Å². The minimum atomic E-state index is -2.94. The van der Waals surface area contributed by atoms with Gasteiger partial charge in [0.15, 0.2) is 5.96 Å². The Hall–Kier alpha value is -2.15. The third-order valence-electron chi connectivity index (χ3n) is 4.04. The summed E-state index contributed by atoms with van der Waals surface area (Å²) in [6, 6.07) is 8.57. The first-order valence-electron chi connectivity index (χ1n) is 9.25. The van der Waals surface area contributed by atoms with Crippen LogP contribution in [0.15, 0.2) is 40.7 Å². The quantitative estimate of drug-likeness (QED) is 0.262. The first-order chi connectivity index (χ1) is 14.4. The molecule has 1 aromatic carbocycles. The predicted molar refractivity (Wildman–Crippen MR) is 129 cm³/mol. The van der Waals surface area contributed by atoms with E-state index >= 15 is 0 Å². The van der Waals surface area contributed by atoms with Gasteiger partial charge in [-0.2, -0.15) is 8.78 Å². The van der Waals surface area contributed by atoms with Crippen LogP contribution in [0.25, 0.3) is 0 Å². The smallest absolute Gasteiger partial charge is 0.387 e. The predicted octanol–water partition coefficient (Wildman–Crippen LogP) is 3.34. The summed E-state index contributed by atoms with van der Waals surface area (Å²) in [6.07, 6.45) is 0.791. The Morgan fingerprint density at radius 3 is 2.65 bits per heavy atom. The van der Waals surface area contributed by atoms with Crippen LogP contribution in [0, 0.1) is 0 Å². The molecule has 0 radical (unpaired) electrons. The Bertz CT molecular complexity index is 836. The number of carbonyl (C=O) groups is 1. The molecule has 1 heterocycles. The van der Waals surface area contributed by atoms with E-state index in [0.717, 1.165) is 6.42 Å². The fourth-order valence-corrected chi connectivity index (χ4v) is 3.14. The molecule has 1 amide bonds. The maximum absolute atomic E-state index is 12.7. The number of nitrogens with one attached hydrogen (secondary N) is 2. The summed E-state index contributed by atoms with van der Waals surface area (Å²) in [5.41, 5.74) is 0.438. The highest BCUT2D eigenvalue weighted by Gasteiger charge is 2.12. The number of hydrogen-bond donors (Lipinski definition) is 2. The lowest BCUT2D eigenvalue weighted by Crippen LogP contribution is -2.43. The summed E-state index contributed by atoms with van der Waals surface area (Å²) in [7, 11) is 4.81. The normalized spacial score (nSPS) is 11.0. The molecule has 0 saturated heterocycles. The van der Waals surface area contributed by atoms with Crippen LogP contribution in [-0.4, -0.2) is 57.7 Å². The summed E-state index contributed by atoms with van der Waals surface area (Å²) in [6.45, 7) is -2.23. The number of hydrogen-bond acceptors (Lipinski definition) is 5. The SMILES string of the molecule is COc1ccc(OC(F)F)c(CN=C(NCCc2cccs2)NCC(=O)N(C)C)c1.I. The van der Waals surface area contributed by atoms with Gasteiger partial charge in [-0.05, 0) is 36.1 Å². The minimum Gasteiger partial charge on any atom is -0.497 e. The number of aliphatic imine (C=N–C) groups is 1. The van der Waals surface area contributed by atoms with Crippen LogP contribution in [0.1, 0.15) is 10.4 Å². The van der Waals surface area contributed by atoms with Crippen molar-refractivity contribution in [2.75, 3.05) is 34.3 Å². The third kappa shape index (κ3) is 9.68. The summed E-state index contributed by atoms with van der Waals surface area (Å²) in [4.78, 5) is 19.0. The van der Waals surface area contributed by atoms with E-state index in [1.807, 2.05) is 17.5 Å². The number of methoxy groups -OCH3 is 1. The van der Waals surface area contributed by atoms with Crippen LogP contribution in [-0.2, 0) is 17.8 Å². The molecule has 0 aliphatic rings. The zero-order valence-electron chi connectivity index (χ0n) is 17.6. The Labute approximate surface area is 201 Å². The van der Waals surface area contributed by atoms with Gasteiger partial charge >= 0.3 is 6.61 Å². The first-order valence-corrected chi connectivity index (χ1v) is 10.1. The van der Waals surface area contributed by atoms with Crippen molar-refractivity contribution in [1.29, 1.82) is 0 Å². The van der Waals surface area contributed by atoms with Crippen LogP contribution < -0.4 is 20.1 Å². The minimum absolute atomic E-state index is 0. The van der Waals surface area contributed by atoms with Gasteiger partial charge in [-0.25, -0.2) is 4.99 Å². The number of nitrogens with zero attached hydrogens (tertiary/aromatic N) is 2. The van der Waals surface area contributed by atoms with Crippen LogP contribution in [0.4, 0.5) is 8.78 Å². The van der Waals surface area contributed by atoms with Gasteiger partial charge in [-0.1, -0.05) is 6.07 Å². The second-order valence-electron chi connectivity index (χ2n) is 6.41. The number of halogens is 3. The molecule has 0 aliphatic heterocycles. The van der Waals surface area contributed by atoms with Crippen molar-refractivity contribution in [2.24, 2.45) is 4.99 Å². The number of benzene rings is 1. The molecule has 0 atom stereocenters. The maximum atomic E-state index is 12.7. The van der Waals surface area contributed by atoms with Crippen molar-refractivity contribution in [3.8, 4) is 11.5 Å². The van der Waals surface area contributed by atoms with Crippen LogP contribution >= 0.6 is 35.3 Å². The second kappa shape index (κ2) is 14.0. The summed E-state index contributed by atoms with van der Waals surface area (Å²) >= 11 is 1.66. The average molecular weight is 568 g/mol. The molecule has 172 valence electrons. The lowest BCUT2D eigenvalue weighted by molar-refractivity contribution is -0.127. The van der Waals surface area contributed by atoms with Crippen molar-refractivity contribution in [1.82, 2.24) is 15.5 Å². The summed E-state index contributed by atoms with van der Waals surface area (Å²) in [5, 5.41) is 8.14. The van der Waals surface area contributed by atoms with Crippen LogP contribution in [0.5, 0.6) is 11.5 Å². The standard InChI is InChI=1S/C20H26F2N4O3S.HI/c1-26(2)18(27)13-25-20(23-9-8-16-5-4-10-30-16)24-12-14-11-15(28-3)6-7-17(14)29-19(21)22;/h4-7,10-11,19H,8-9,12-13H2,1-3H3,(H2,23,24,25);1H. The van der Waals surface area contributed by atoms with E-state index in [-0.39, 0.29) is 48.7 Å². The van der Waals surface area contributed by atoms with Gasteiger partial charge in [-0.3, -0.25) is 4.79 Å². The number of guanidine groups is 1. The number of alkyl halides is 2. The first kappa shape index (κ1) is 26.9. The van der Waals surface area contributed by atoms with E-state index in [1.54, 1.807) is 37.6 Å². The molecule has 1 aromatic heterocycles. The molecular formula is C20H27F2IN4O3S. The lowest BCUT2D eigenvalue weighted by atomic mass is 10.2. The molecule has 31 heavy (non-hydrogen) atoms. The molecule has 0 unspecified atom stereocenters. The number of ether oxygens (including phenoxy) is 2. The molecular weight excluding hydrogens is 541 g/mol. The van der Waals surface area contributed by atoms with Gasteiger partial charge in [0.25, 0.3) is 0 Å². The van der Waals surface area contributed by atoms with Gasteiger partial charge in [0.05, 0.1) is 20.2 Å².